The van der Waals surface area contributed by atoms with Crippen LogP contribution < -0.4 is 11.3 Å². The zero-order valence-corrected chi connectivity index (χ0v) is 12.5. The van der Waals surface area contributed by atoms with Gasteiger partial charge in [0.05, 0.1) is 16.6 Å². The maximum absolute atomic E-state index is 5.81. The molecule has 19 heavy (non-hydrogen) atoms. The molecule has 0 saturated carbocycles. The Morgan fingerprint density at radius 1 is 1.37 bits per heavy atom. The molecule has 0 spiro atoms. The molecule has 0 radical (unpaired) electrons. The largest absolute Gasteiger partial charge is 0.271 e. The van der Waals surface area contributed by atoms with Crippen molar-refractivity contribution in [3.05, 3.63) is 22.2 Å². The van der Waals surface area contributed by atoms with Crippen molar-refractivity contribution >= 4 is 11.5 Å². The second-order valence-corrected chi connectivity index (χ2v) is 5.95. The molecule has 0 aromatic carbocycles. The lowest BCUT2D eigenvalue weighted by atomic mass is 9.93. The van der Waals surface area contributed by atoms with Crippen LogP contribution in [0.2, 0.25) is 0 Å². The van der Waals surface area contributed by atoms with Gasteiger partial charge in [-0.05, 0) is 43.6 Å². The lowest BCUT2D eigenvalue weighted by molar-refractivity contribution is 0.556. The van der Waals surface area contributed by atoms with E-state index in [2.05, 4.69) is 28.0 Å². The van der Waals surface area contributed by atoms with E-state index < -0.39 is 0 Å². The summed E-state index contributed by atoms with van der Waals surface area (Å²) in [4.78, 5) is 1.20. The molecule has 106 valence electrons. The van der Waals surface area contributed by atoms with Crippen molar-refractivity contribution in [2.24, 2.45) is 5.84 Å². The predicted molar refractivity (Wildman–Crippen MR) is 79.8 cm³/mol. The minimum Gasteiger partial charge on any atom is -0.271 e. The smallest absolute Gasteiger partial charge is 0.0807 e. The lowest BCUT2D eigenvalue weighted by Crippen LogP contribution is -2.29. The molecule has 1 unspecified atom stereocenters. The van der Waals surface area contributed by atoms with Crippen LogP contribution in [0.4, 0.5) is 0 Å². The van der Waals surface area contributed by atoms with Crippen LogP contribution in [0.1, 0.15) is 68.5 Å². The Balaban J connectivity index is 2.19. The third kappa shape index (κ3) is 3.84. The van der Waals surface area contributed by atoms with Gasteiger partial charge in [0.2, 0.25) is 0 Å². The predicted octanol–water partition coefficient (Wildman–Crippen LogP) is 3.28. The molecule has 1 heterocycles. The second kappa shape index (κ2) is 7.72. The summed E-state index contributed by atoms with van der Waals surface area (Å²) >= 11 is 1.48. The molecule has 0 fully saturated rings. The van der Waals surface area contributed by atoms with E-state index in [-0.39, 0.29) is 6.04 Å². The van der Waals surface area contributed by atoms with Crippen molar-refractivity contribution in [2.75, 3.05) is 0 Å². The van der Waals surface area contributed by atoms with Crippen LogP contribution in [0.15, 0.2) is 11.6 Å². The Bertz CT molecular complexity index is 413. The Kier molecular flexibility index (Phi) is 5.94. The molecule has 0 bridgehead atoms. The van der Waals surface area contributed by atoms with Crippen molar-refractivity contribution in [1.82, 2.24) is 15.0 Å². The van der Waals surface area contributed by atoms with Crippen molar-refractivity contribution < 1.29 is 0 Å². The van der Waals surface area contributed by atoms with Crippen LogP contribution in [0.5, 0.6) is 0 Å². The molecule has 1 aromatic rings. The van der Waals surface area contributed by atoms with Gasteiger partial charge in [-0.25, -0.2) is 5.43 Å². The number of aromatic nitrogens is 2. The van der Waals surface area contributed by atoms with Gasteiger partial charge >= 0.3 is 0 Å². The highest BCUT2D eigenvalue weighted by atomic mass is 32.1. The number of nitrogens with one attached hydrogen (secondary N) is 1. The van der Waals surface area contributed by atoms with Crippen molar-refractivity contribution in [1.29, 1.82) is 0 Å². The Labute approximate surface area is 119 Å². The number of hydrogen-bond donors (Lipinski definition) is 2. The number of allylic oxidation sites excluding steroid dienone is 1. The average Bonchev–Trinajstić information content (AvgIpc) is 2.81. The van der Waals surface area contributed by atoms with Crippen LogP contribution in [0.25, 0.3) is 0 Å². The van der Waals surface area contributed by atoms with Crippen LogP contribution in [0.3, 0.4) is 0 Å². The highest BCUT2D eigenvalue weighted by Crippen LogP contribution is 2.31. The zero-order valence-electron chi connectivity index (χ0n) is 11.7. The van der Waals surface area contributed by atoms with Gasteiger partial charge in [-0.1, -0.05) is 42.3 Å². The van der Waals surface area contributed by atoms with Gasteiger partial charge in [-0.3, -0.25) is 5.84 Å². The highest BCUT2D eigenvalue weighted by molar-refractivity contribution is 7.05. The summed E-state index contributed by atoms with van der Waals surface area (Å²) in [7, 11) is 0. The quantitative estimate of drug-likeness (QED) is 0.493. The number of nitrogens with two attached hydrogens (primary N) is 1. The summed E-state index contributed by atoms with van der Waals surface area (Å²) in [5.41, 5.74) is 5.51. The summed E-state index contributed by atoms with van der Waals surface area (Å²) in [6, 6.07) is 0.111. The normalized spacial score (nSPS) is 18.5. The van der Waals surface area contributed by atoms with E-state index in [1.165, 1.54) is 54.1 Å². The van der Waals surface area contributed by atoms with E-state index in [1.807, 2.05) is 0 Å². The minimum absolute atomic E-state index is 0.111. The number of hydrogen-bond acceptors (Lipinski definition) is 5. The number of aryl methyl sites for hydroxylation is 1. The van der Waals surface area contributed by atoms with E-state index in [0.717, 1.165) is 25.0 Å². The first-order chi connectivity index (χ1) is 9.36. The number of hydrazine groups is 1. The first-order valence-corrected chi connectivity index (χ1v) is 8.10. The van der Waals surface area contributed by atoms with E-state index >= 15 is 0 Å². The van der Waals surface area contributed by atoms with Gasteiger partial charge in [0.1, 0.15) is 0 Å². The molecule has 0 saturated heterocycles. The van der Waals surface area contributed by atoms with Gasteiger partial charge in [-0.2, -0.15) is 0 Å². The lowest BCUT2D eigenvalue weighted by Gasteiger charge is -2.20. The standard InChI is InChI=1S/C14H24N4S/c1-2-8-12-14(19-18-17-12)13(16-15)11-9-6-4-3-5-7-10-11/h9,13,16H,2-8,10,15H2,1H3. The highest BCUT2D eigenvalue weighted by Gasteiger charge is 2.21. The molecule has 1 aliphatic carbocycles. The molecule has 5 heteroatoms. The molecule has 3 N–H and O–H groups in total. The van der Waals surface area contributed by atoms with Crippen molar-refractivity contribution in [3.8, 4) is 0 Å². The molecule has 1 atom stereocenters. The maximum Gasteiger partial charge on any atom is 0.0807 e. The summed E-state index contributed by atoms with van der Waals surface area (Å²) in [6.45, 7) is 2.17. The summed E-state index contributed by atoms with van der Waals surface area (Å²) < 4.78 is 4.12. The Hall–Kier alpha value is -0.780. The molecular formula is C14H24N4S. The molecule has 4 nitrogen and oxygen atoms in total. The second-order valence-electron chi connectivity index (χ2n) is 5.17. The SMILES string of the molecule is CCCc1nnsc1C(NN)C1=CCCCCCC1. The number of rotatable bonds is 5. The summed E-state index contributed by atoms with van der Waals surface area (Å²) in [6.07, 6.45) is 12.0. The first-order valence-electron chi connectivity index (χ1n) is 7.33. The summed E-state index contributed by atoms with van der Waals surface area (Å²) in [5, 5.41) is 4.26. The van der Waals surface area contributed by atoms with Gasteiger partial charge in [-0.15, -0.1) is 5.10 Å². The van der Waals surface area contributed by atoms with Gasteiger partial charge in [0.25, 0.3) is 0 Å². The molecule has 1 aromatic heterocycles. The Morgan fingerprint density at radius 3 is 3.00 bits per heavy atom. The molecule has 1 aliphatic rings. The average molecular weight is 280 g/mol. The third-order valence-corrected chi connectivity index (χ3v) is 4.53. The van der Waals surface area contributed by atoms with Crippen molar-refractivity contribution in [3.63, 3.8) is 0 Å². The number of nitrogens with zero attached hydrogens (tertiary/aromatic N) is 2. The minimum atomic E-state index is 0.111. The van der Waals surface area contributed by atoms with E-state index in [4.69, 9.17) is 5.84 Å². The van der Waals surface area contributed by atoms with Crippen molar-refractivity contribution in [2.45, 2.75) is 64.3 Å². The fraction of sp³-hybridized carbons (Fsp3) is 0.714. The van der Waals surface area contributed by atoms with Crippen LogP contribution in [-0.4, -0.2) is 9.59 Å². The van der Waals surface area contributed by atoms with Crippen LogP contribution in [0, 0.1) is 0 Å². The fourth-order valence-corrected chi connectivity index (χ4v) is 3.48. The topological polar surface area (TPSA) is 63.8 Å². The molecular weight excluding hydrogens is 256 g/mol. The third-order valence-electron chi connectivity index (χ3n) is 3.70. The molecule has 2 rings (SSSR count). The van der Waals surface area contributed by atoms with Gasteiger partial charge in [0.15, 0.2) is 0 Å². The van der Waals surface area contributed by atoms with E-state index in [1.54, 1.807) is 0 Å². The van der Waals surface area contributed by atoms with Gasteiger partial charge in [0, 0.05) is 0 Å². The first kappa shape index (κ1) is 14.6. The van der Waals surface area contributed by atoms with Crippen LogP contribution in [-0.2, 0) is 6.42 Å². The molecule has 0 aliphatic heterocycles. The van der Waals surface area contributed by atoms with Gasteiger partial charge < -0.3 is 0 Å². The zero-order chi connectivity index (χ0) is 13.5. The van der Waals surface area contributed by atoms with Crippen LogP contribution >= 0.6 is 11.5 Å². The van der Waals surface area contributed by atoms with E-state index in [0.29, 0.717) is 0 Å². The monoisotopic (exact) mass is 280 g/mol. The Morgan fingerprint density at radius 2 is 2.21 bits per heavy atom. The molecule has 0 amide bonds. The van der Waals surface area contributed by atoms with E-state index in [9.17, 15) is 0 Å². The summed E-state index contributed by atoms with van der Waals surface area (Å²) in [5.74, 6) is 5.81. The fourth-order valence-electron chi connectivity index (χ4n) is 2.67. The maximum atomic E-state index is 5.81.